The van der Waals surface area contributed by atoms with Crippen LogP contribution in [0.25, 0.3) is 98.4 Å². The van der Waals surface area contributed by atoms with Crippen LogP contribution in [0, 0.1) is 41.5 Å². The van der Waals surface area contributed by atoms with Gasteiger partial charge in [-0.1, -0.05) is 318 Å². The molecule has 11 heterocycles. The van der Waals surface area contributed by atoms with E-state index in [-0.39, 0.29) is 6.71 Å². The van der Waals surface area contributed by atoms with Crippen LogP contribution in [0.1, 0.15) is 77.9 Å². The van der Waals surface area contributed by atoms with E-state index in [1.54, 1.807) is 10.9 Å². The summed E-state index contributed by atoms with van der Waals surface area (Å²) in [6.45, 7) is 15.0. The molecule has 3 aromatic heterocycles. The molecule has 0 saturated heterocycles. The average molecular weight is 1380 g/mol. The Morgan fingerprint density at radius 3 is 1.21 bits per heavy atom. The first-order valence-electron chi connectivity index (χ1n) is 38.8. The molecule has 0 bridgehead atoms. The van der Waals surface area contributed by atoms with Crippen molar-refractivity contribution in [3.05, 3.63) is 346 Å². The summed E-state index contributed by atoms with van der Waals surface area (Å²) in [6, 6.07) is 88.5. The first-order valence-corrected chi connectivity index (χ1v) is 38.8. The predicted octanol–water partition coefficient (Wildman–Crippen LogP) is 12.4. The summed E-state index contributed by atoms with van der Waals surface area (Å²) in [6.07, 6.45) is 14.4. The number of hydrogen-bond donors (Lipinski definition) is 0. The lowest BCUT2D eigenvalue weighted by molar-refractivity contribution is -0.660. The second-order valence-electron chi connectivity index (χ2n) is 32.0. The number of aromatic nitrogens is 4. The third-order valence-corrected chi connectivity index (χ3v) is 26.3. The minimum Gasteiger partial charge on any atom is -0.264 e. The van der Waals surface area contributed by atoms with Crippen molar-refractivity contribution in [1.82, 2.24) is 9.97 Å². The van der Waals surface area contributed by atoms with E-state index in [1.165, 1.54) is 231 Å². The van der Waals surface area contributed by atoms with Crippen LogP contribution in [0.2, 0.25) is 0 Å². The zero-order chi connectivity index (χ0) is 72.2. The van der Waals surface area contributed by atoms with Gasteiger partial charge in [0.2, 0.25) is 20.1 Å². The molecule has 8 aliphatic rings. The number of rotatable bonds is 0. The fraction of sp³-hybridized carbons (Fsp3) is 0.120. The van der Waals surface area contributed by atoms with Crippen LogP contribution in [0.4, 0.5) is 0 Å². The number of pyridine rings is 2. The highest BCUT2D eigenvalue weighted by Gasteiger charge is 2.48. The number of aryl methyl sites for hydroxylation is 8. The minimum absolute atomic E-state index is 0.251. The molecular formula is C100H76B4N4+2. The van der Waals surface area contributed by atoms with Gasteiger partial charge in [-0.2, -0.15) is 0 Å². The minimum atomic E-state index is 0.251. The molecule has 4 nitrogen and oxygen atoms in total. The van der Waals surface area contributed by atoms with E-state index in [0.29, 0.717) is 20.1 Å². The fourth-order valence-corrected chi connectivity index (χ4v) is 22.0. The smallest absolute Gasteiger partial charge is 0.264 e. The van der Waals surface area contributed by atoms with Gasteiger partial charge in [-0.3, -0.25) is 4.98 Å². The first kappa shape index (κ1) is 63.3. The van der Waals surface area contributed by atoms with Crippen molar-refractivity contribution in [2.75, 3.05) is 0 Å². The molecule has 0 unspecified atom stereocenters. The Morgan fingerprint density at radius 2 is 0.657 bits per heavy atom. The highest BCUT2D eigenvalue weighted by molar-refractivity contribution is 7.02. The molecule has 506 valence electrons. The molecule has 0 saturated carbocycles. The van der Waals surface area contributed by atoms with Crippen molar-refractivity contribution in [1.29, 1.82) is 0 Å². The molecule has 0 amide bonds. The quantitative estimate of drug-likeness (QED) is 0.112. The van der Waals surface area contributed by atoms with Crippen molar-refractivity contribution >= 4 is 147 Å². The highest BCUT2D eigenvalue weighted by atomic mass is 15.0. The largest absolute Gasteiger partial charge is 0.376 e. The molecule has 0 fully saturated rings. The maximum absolute atomic E-state index is 4.61. The molecule has 0 radical (unpaired) electrons. The molecule has 0 spiro atoms. The fourth-order valence-electron chi connectivity index (χ4n) is 22.0. The maximum atomic E-state index is 4.61. The van der Waals surface area contributed by atoms with E-state index in [1.807, 2.05) is 12.5 Å². The van der Waals surface area contributed by atoms with Crippen LogP contribution in [0.5, 0.6) is 0 Å². The molecule has 8 aliphatic heterocycles. The van der Waals surface area contributed by atoms with Crippen LogP contribution in [0.15, 0.2) is 268 Å². The summed E-state index contributed by atoms with van der Waals surface area (Å²) in [7, 11) is 4.30. The Labute approximate surface area is 632 Å². The van der Waals surface area contributed by atoms with Crippen LogP contribution in [-0.2, 0) is 39.8 Å². The van der Waals surface area contributed by atoms with E-state index in [4.69, 9.17) is 0 Å². The van der Waals surface area contributed by atoms with Gasteiger partial charge in [-0.05, 0) is 198 Å². The Hall–Kier alpha value is -12.0. The molecule has 0 N–H and O–H groups in total. The van der Waals surface area contributed by atoms with Gasteiger partial charge in [0, 0.05) is 35.8 Å². The summed E-state index contributed by atoms with van der Waals surface area (Å²) in [5.74, 6) is 0. The van der Waals surface area contributed by atoms with Gasteiger partial charge in [-0.25, -0.2) is 9.13 Å². The van der Waals surface area contributed by atoms with E-state index in [9.17, 15) is 0 Å². The Bertz CT molecular complexity index is 6440. The van der Waals surface area contributed by atoms with Crippen LogP contribution < -0.4 is 74.9 Å². The lowest BCUT2D eigenvalue weighted by Crippen LogP contribution is -2.74. The summed E-state index contributed by atoms with van der Waals surface area (Å²) < 4.78 is 4.53. The monoisotopic (exact) mass is 1380 g/mol. The number of benzene rings is 14. The Balaban J connectivity index is 0.0000000895. The van der Waals surface area contributed by atoms with Crippen LogP contribution in [-0.4, -0.2) is 36.8 Å². The lowest BCUT2D eigenvalue weighted by atomic mass is 9.29. The third kappa shape index (κ3) is 8.98. The topological polar surface area (TPSA) is 33.5 Å². The van der Waals surface area contributed by atoms with Gasteiger partial charge in [-0.15, -0.1) is 0 Å². The van der Waals surface area contributed by atoms with Gasteiger partial charge in [0.1, 0.15) is 13.2 Å². The molecule has 8 heteroatoms. The second-order valence-corrected chi connectivity index (χ2v) is 32.0. The summed E-state index contributed by atoms with van der Waals surface area (Å²) in [5.41, 5.74) is 49.1. The molecule has 0 atom stereocenters. The van der Waals surface area contributed by atoms with Gasteiger partial charge in [0.25, 0.3) is 6.33 Å². The van der Waals surface area contributed by atoms with Crippen molar-refractivity contribution in [3.63, 3.8) is 0 Å². The standard InChI is InChI=1S/C29H21B.C25H19B.C24H18BN.C22H18BN3/c1-17-13-14-19-8-5-11-23-24-12-6-9-21-16-25-22-10-4-3-7-20(22)15-18(2)27(25)30(29(21)24)28(17)26(19)23;1-15-6-3-8-18-14-19-9-5-11-21-20-10-4-7-17-13-12-16(2)24(22(17)20)26(23(15)18)25(19)21;1-14-5-3-7-17-11-18-12-26-13-20-19-8-4-6-16-10-9-15(2)23(21(16)19)25(22(14)17)24(18)20;1-25-10-9-14-5-3-7-17-18-8-4-6-15-11-16-12-24-13-26(2)21(16)23(20(15)18)22(25)19(14)17/h3-15H,16H2,1-2H3;3-13H,14H2,1-2H3;2*3-10,12-13H,11H2,1-2H3/q;;;+2. The molecule has 14 aromatic carbocycles. The second kappa shape index (κ2) is 23.8. The zero-order valence-corrected chi connectivity index (χ0v) is 62.3. The zero-order valence-electron chi connectivity index (χ0n) is 62.3. The molecular weight excluding hydrogens is 1300 g/mol. The van der Waals surface area contributed by atoms with E-state index in [2.05, 4.69) is 330 Å². The summed E-state index contributed by atoms with van der Waals surface area (Å²) in [5, 5.41) is 13.9. The molecule has 17 aromatic rings. The van der Waals surface area contributed by atoms with E-state index < -0.39 is 0 Å². The van der Waals surface area contributed by atoms with E-state index in [0.717, 1.165) is 25.7 Å². The van der Waals surface area contributed by atoms with Gasteiger partial charge >= 0.3 is 6.71 Å². The Kier molecular flexibility index (Phi) is 13.9. The summed E-state index contributed by atoms with van der Waals surface area (Å²) >= 11 is 0. The van der Waals surface area contributed by atoms with Crippen LogP contribution in [0.3, 0.4) is 0 Å². The van der Waals surface area contributed by atoms with E-state index >= 15 is 0 Å². The van der Waals surface area contributed by atoms with Crippen LogP contribution >= 0.6 is 0 Å². The molecule has 0 aliphatic carbocycles. The normalized spacial score (nSPS) is 13.5. The molecule has 108 heavy (non-hydrogen) atoms. The van der Waals surface area contributed by atoms with Gasteiger partial charge in [0.05, 0.1) is 12.6 Å². The average Bonchev–Trinajstić information content (AvgIpc) is 0.724. The van der Waals surface area contributed by atoms with Gasteiger partial charge in [0.15, 0.2) is 11.8 Å². The van der Waals surface area contributed by atoms with Crippen molar-refractivity contribution in [2.45, 2.75) is 67.2 Å². The van der Waals surface area contributed by atoms with Crippen molar-refractivity contribution in [3.8, 4) is 44.5 Å². The number of nitrogens with zero attached hydrogens (tertiary/aromatic N) is 4. The number of hydrogen-bond acceptors (Lipinski definition) is 2. The third-order valence-electron chi connectivity index (χ3n) is 26.3. The maximum Gasteiger partial charge on any atom is 0.376 e. The SMILES string of the molecule is C[n+]1cncc2c1B1c3c(cccc3-c3cccc4cc[n+](C)c1c34)C2.Cc1cc2ccccc2c2c1B1c3c(cccc3-c3cccc4ccc(C)c1c34)C2.Cc1cccc2c1B1c3c(cccc3-c3cccc4ccc(C)c1c34)C2.Cc1cccc2c1B1c3c(cncc3-c3cccc4ccc(C)c1c34)C2. The Morgan fingerprint density at radius 1 is 0.259 bits per heavy atom. The number of fused-ring (bicyclic) bond motifs is 18. The van der Waals surface area contributed by atoms with Gasteiger partial charge < -0.3 is 0 Å². The first-order chi connectivity index (χ1) is 52.9. The predicted molar refractivity (Wildman–Crippen MR) is 457 cm³/mol. The van der Waals surface area contributed by atoms with Crippen molar-refractivity contribution < 1.29 is 9.13 Å². The van der Waals surface area contributed by atoms with Crippen molar-refractivity contribution in [2.24, 2.45) is 14.1 Å². The lowest BCUT2D eigenvalue weighted by Gasteiger charge is -2.36. The highest BCUT2D eigenvalue weighted by Crippen LogP contribution is 2.40. The molecule has 25 rings (SSSR count). The summed E-state index contributed by atoms with van der Waals surface area (Å²) in [4.78, 5) is 9.07.